The number of hydrogen-bond donors (Lipinski definition) is 2. The monoisotopic (exact) mass is 375 g/mol. The Hall–Kier alpha value is -2.61. The maximum atomic E-state index is 13.9. The first-order valence-corrected chi connectivity index (χ1v) is 9.24. The summed E-state index contributed by atoms with van der Waals surface area (Å²) in [6.45, 7) is 10.5. The van der Waals surface area contributed by atoms with Crippen LogP contribution in [-0.2, 0) is 0 Å². The zero-order chi connectivity index (χ0) is 19.4. The number of benzene rings is 1. The predicted octanol–water partition coefficient (Wildman–Crippen LogP) is 3.15. The lowest BCUT2D eigenvalue weighted by Crippen LogP contribution is -2.46. The zero-order valence-corrected chi connectivity index (χ0v) is 16.0. The number of nitrogens with one attached hydrogen (secondary N) is 2. The molecule has 1 unspecified atom stereocenters. The van der Waals surface area contributed by atoms with Crippen LogP contribution in [0.3, 0.4) is 0 Å². The first kappa shape index (κ1) is 19.2. The summed E-state index contributed by atoms with van der Waals surface area (Å²) in [4.78, 5) is 16.9. The maximum absolute atomic E-state index is 13.9. The van der Waals surface area contributed by atoms with Gasteiger partial charge in [-0.1, -0.05) is 12.1 Å². The molecule has 1 aliphatic heterocycles. The van der Waals surface area contributed by atoms with E-state index in [-0.39, 0.29) is 11.9 Å². The number of likely N-dealkylation sites (N-methyl/N-ethyl adjacent to an activating group) is 1. The Bertz CT molecular complexity index is 786. The van der Waals surface area contributed by atoms with Crippen LogP contribution in [0, 0.1) is 12.7 Å². The minimum Gasteiger partial charge on any atom is -0.369 e. The van der Waals surface area contributed by atoms with Gasteiger partial charge in [0.25, 0.3) is 0 Å². The van der Waals surface area contributed by atoms with E-state index < -0.39 is 6.03 Å². The highest BCUT2D eigenvalue weighted by Gasteiger charge is 2.22. The Morgan fingerprint density at radius 2 is 2.04 bits per heavy atom. The number of anilines is 2. The minimum absolute atomic E-state index is 0.317. The van der Waals surface area contributed by atoms with Crippen LogP contribution in [-0.4, -0.2) is 48.8 Å². The quantitative estimate of drug-likeness (QED) is 0.840. The number of carbonyl (C=O) groups excluding carboxylic acids is 1. The van der Waals surface area contributed by atoms with E-state index in [4.69, 9.17) is 4.52 Å². The van der Waals surface area contributed by atoms with E-state index in [0.29, 0.717) is 11.6 Å². The van der Waals surface area contributed by atoms with Crippen molar-refractivity contribution in [1.82, 2.24) is 15.4 Å². The van der Waals surface area contributed by atoms with Crippen molar-refractivity contribution < 1.29 is 13.7 Å². The van der Waals surface area contributed by atoms with Crippen LogP contribution < -0.4 is 15.5 Å². The van der Waals surface area contributed by atoms with Gasteiger partial charge in [0.2, 0.25) is 0 Å². The molecule has 1 aromatic carbocycles. The van der Waals surface area contributed by atoms with Crippen molar-refractivity contribution in [2.45, 2.75) is 26.8 Å². The molecule has 8 heteroatoms. The lowest BCUT2D eigenvalue weighted by Gasteiger charge is -2.37. The van der Waals surface area contributed by atoms with Crippen LogP contribution in [0.15, 0.2) is 28.8 Å². The molecule has 0 bridgehead atoms. The molecule has 2 amide bonds. The number of amides is 2. The summed E-state index contributed by atoms with van der Waals surface area (Å²) in [6, 6.07) is 5.60. The van der Waals surface area contributed by atoms with Gasteiger partial charge in [-0.3, -0.25) is 5.32 Å². The summed E-state index contributed by atoms with van der Waals surface area (Å²) < 4.78 is 18.8. The van der Waals surface area contributed by atoms with E-state index >= 15 is 0 Å². The van der Waals surface area contributed by atoms with Crippen LogP contribution in [0.25, 0.3) is 0 Å². The van der Waals surface area contributed by atoms with Crippen molar-refractivity contribution >= 4 is 17.5 Å². The SMILES string of the molecule is CCN1CCN(c2ccc(F)cc2C(C)NC(=O)Nc2cc(C)on2)CC1. The van der Waals surface area contributed by atoms with E-state index in [2.05, 4.69) is 32.5 Å². The van der Waals surface area contributed by atoms with Crippen molar-refractivity contribution in [3.63, 3.8) is 0 Å². The van der Waals surface area contributed by atoms with Gasteiger partial charge in [-0.25, -0.2) is 9.18 Å². The van der Waals surface area contributed by atoms with Crippen LogP contribution in [0.5, 0.6) is 0 Å². The Morgan fingerprint density at radius 3 is 2.67 bits per heavy atom. The average Bonchev–Trinajstić information content (AvgIpc) is 3.06. The van der Waals surface area contributed by atoms with Crippen molar-refractivity contribution in [1.29, 1.82) is 0 Å². The largest absolute Gasteiger partial charge is 0.369 e. The fourth-order valence-electron chi connectivity index (χ4n) is 3.32. The number of carbonyl (C=O) groups is 1. The minimum atomic E-state index is -0.415. The molecular formula is C19H26FN5O2. The summed E-state index contributed by atoms with van der Waals surface area (Å²) in [5, 5.41) is 9.20. The van der Waals surface area contributed by atoms with Crippen LogP contribution in [0.4, 0.5) is 20.7 Å². The molecule has 0 saturated carbocycles. The molecule has 2 aromatic rings. The van der Waals surface area contributed by atoms with Gasteiger partial charge in [-0.05, 0) is 38.6 Å². The van der Waals surface area contributed by atoms with E-state index in [9.17, 15) is 9.18 Å². The molecule has 0 spiro atoms. The van der Waals surface area contributed by atoms with E-state index in [0.717, 1.165) is 44.0 Å². The number of nitrogens with zero attached hydrogens (tertiary/aromatic N) is 3. The fraction of sp³-hybridized carbons (Fsp3) is 0.474. The molecule has 1 fully saturated rings. The molecule has 27 heavy (non-hydrogen) atoms. The standard InChI is InChI=1S/C19H26FN5O2/c1-4-24-7-9-25(10-8-24)17-6-5-15(20)12-16(17)14(3)21-19(26)22-18-11-13(2)27-23-18/h5-6,11-12,14H,4,7-10H2,1-3H3,(H2,21,22,23,26). The molecule has 2 N–H and O–H groups in total. The molecule has 1 aliphatic rings. The fourth-order valence-corrected chi connectivity index (χ4v) is 3.32. The first-order chi connectivity index (χ1) is 13.0. The topological polar surface area (TPSA) is 73.6 Å². The van der Waals surface area contributed by atoms with E-state index in [1.807, 2.05) is 6.92 Å². The molecule has 1 aromatic heterocycles. The second-order valence-electron chi connectivity index (χ2n) is 6.77. The van der Waals surface area contributed by atoms with E-state index in [1.165, 1.54) is 12.1 Å². The van der Waals surface area contributed by atoms with Crippen molar-refractivity contribution in [3.8, 4) is 0 Å². The number of piperazine rings is 1. The van der Waals surface area contributed by atoms with Gasteiger partial charge in [0, 0.05) is 43.5 Å². The number of halogens is 1. The molecule has 0 radical (unpaired) electrons. The van der Waals surface area contributed by atoms with Gasteiger partial charge in [0.15, 0.2) is 5.82 Å². The van der Waals surface area contributed by atoms with Gasteiger partial charge in [0.05, 0.1) is 6.04 Å². The Morgan fingerprint density at radius 1 is 1.30 bits per heavy atom. The number of aryl methyl sites for hydroxylation is 1. The summed E-state index contributed by atoms with van der Waals surface area (Å²) in [7, 11) is 0. The van der Waals surface area contributed by atoms with Crippen LogP contribution in [0.1, 0.15) is 31.2 Å². The van der Waals surface area contributed by atoms with Gasteiger partial charge in [-0.2, -0.15) is 0 Å². The second-order valence-corrected chi connectivity index (χ2v) is 6.77. The molecule has 1 saturated heterocycles. The lowest BCUT2D eigenvalue weighted by atomic mass is 10.0. The predicted molar refractivity (Wildman–Crippen MR) is 103 cm³/mol. The number of urea groups is 1. The third-order valence-corrected chi connectivity index (χ3v) is 4.83. The smallest absolute Gasteiger partial charge is 0.320 e. The maximum Gasteiger partial charge on any atom is 0.320 e. The second kappa shape index (κ2) is 8.39. The van der Waals surface area contributed by atoms with Crippen molar-refractivity contribution in [2.75, 3.05) is 42.9 Å². The molecule has 3 rings (SSSR count). The van der Waals surface area contributed by atoms with Crippen molar-refractivity contribution in [3.05, 3.63) is 41.4 Å². The van der Waals surface area contributed by atoms with Crippen LogP contribution >= 0.6 is 0 Å². The van der Waals surface area contributed by atoms with Gasteiger partial charge in [-0.15, -0.1) is 0 Å². The Balaban J connectivity index is 1.70. The van der Waals surface area contributed by atoms with Gasteiger partial charge >= 0.3 is 6.03 Å². The normalized spacial score (nSPS) is 16.2. The first-order valence-electron chi connectivity index (χ1n) is 9.24. The Kier molecular flexibility index (Phi) is 5.95. The van der Waals surface area contributed by atoms with Gasteiger partial charge in [0.1, 0.15) is 11.6 Å². The number of rotatable bonds is 5. The molecule has 1 atom stereocenters. The molecule has 7 nitrogen and oxygen atoms in total. The summed E-state index contributed by atoms with van der Waals surface area (Å²) in [5.41, 5.74) is 1.71. The van der Waals surface area contributed by atoms with E-state index in [1.54, 1.807) is 19.1 Å². The summed E-state index contributed by atoms with van der Waals surface area (Å²) in [6.07, 6.45) is 0. The third-order valence-electron chi connectivity index (χ3n) is 4.83. The summed E-state index contributed by atoms with van der Waals surface area (Å²) >= 11 is 0. The lowest BCUT2D eigenvalue weighted by molar-refractivity contribution is 0.249. The Labute approximate surface area is 158 Å². The zero-order valence-electron chi connectivity index (χ0n) is 16.0. The highest BCUT2D eigenvalue weighted by atomic mass is 19.1. The van der Waals surface area contributed by atoms with Crippen molar-refractivity contribution in [2.24, 2.45) is 0 Å². The highest BCUT2D eigenvalue weighted by Crippen LogP contribution is 2.28. The molecule has 0 aliphatic carbocycles. The summed E-state index contributed by atoms with van der Waals surface area (Å²) in [5.74, 6) is 0.631. The number of aromatic nitrogens is 1. The molecule has 146 valence electrons. The van der Waals surface area contributed by atoms with Gasteiger partial charge < -0.3 is 19.6 Å². The average molecular weight is 375 g/mol. The highest BCUT2D eigenvalue weighted by molar-refractivity contribution is 5.88. The number of hydrogen-bond acceptors (Lipinski definition) is 5. The molecular weight excluding hydrogens is 349 g/mol. The third kappa shape index (κ3) is 4.77. The van der Waals surface area contributed by atoms with Crippen LogP contribution in [0.2, 0.25) is 0 Å². The molecule has 2 heterocycles.